The standard InChI is InChI=1S/C16H15F3N4O3/c1-20-15(26)22-11-5-2-4-10(8-11)21-13(24)9-23-7-3-6-12(14(23)25)16(17,18)19/h2-8H,9H2,1H3,(H,21,24)(H2,20,22,26). The predicted molar refractivity (Wildman–Crippen MR) is 88.9 cm³/mol. The number of hydrogen-bond acceptors (Lipinski definition) is 3. The number of hydrogen-bond donors (Lipinski definition) is 3. The summed E-state index contributed by atoms with van der Waals surface area (Å²) in [6, 6.07) is 7.39. The number of anilines is 2. The molecule has 0 bridgehead atoms. The van der Waals surface area contributed by atoms with Crippen LogP contribution in [0.25, 0.3) is 0 Å². The van der Waals surface area contributed by atoms with Crippen LogP contribution in [0.4, 0.5) is 29.3 Å². The average molecular weight is 368 g/mol. The van der Waals surface area contributed by atoms with Crippen LogP contribution in [0.1, 0.15) is 5.56 Å². The number of amides is 3. The molecule has 3 N–H and O–H groups in total. The molecule has 2 rings (SSSR count). The number of carbonyl (C=O) groups is 2. The van der Waals surface area contributed by atoms with Gasteiger partial charge in [0, 0.05) is 24.6 Å². The Balaban J connectivity index is 2.12. The van der Waals surface area contributed by atoms with Crippen LogP contribution in [0, 0.1) is 0 Å². The van der Waals surface area contributed by atoms with Crippen LogP contribution in [-0.4, -0.2) is 23.6 Å². The molecule has 0 aliphatic carbocycles. The van der Waals surface area contributed by atoms with Gasteiger partial charge in [-0.1, -0.05) is 6.07 Å². The highest BCUT2D eigenvalue weighted by atomic mass is 19.4. The molecular formula is C16H15F3N4O3. The number of urea groups is 1. The highest BCUT2D eigenvalue weighted by Crippen LogP contribution is 2.26. The number of nitrogens with one attached hydrogen (secondary N) is 3. The van der Waals surface area contributed by atoms with Gasteiger partial charge in [0.25, 0.3) is 5.56 Å². The van der Waals surface area contributed by atoms with Crippen molar-refractivity contribution < 1.29 is 22.8 Å². The third-order valence-corrected chi connectivity index (χ3v) is 3.27. The zero-order valence-corrected chi connectivity index (χ0v) is 13.6. The van der Waals surface area contributed by atoms with E-state index in [2.05, 4.69) is 16.0 Å². The molecule has 0 atom stereocenters. The Morgan fingerprint density at radius 3 is 2.35 bits per heavy atom. The number of halogens is 3. The maximum absolute atomic E-state index is 12.7. The van der Waals surface area contributed by atoms with E-state index in [1.807, 2.05) is 0 Å². The largest absolute Gasteiger partial charge is 0.421 e. The molecule has 1 aromatic heterocycles. The van der Waals surface area contributed by atoms with E-state index >= 15 is 0 Å². The fraction of sp³-hybridized carbons (Fsp3) is 0.188. The maximum Gasteiger partial charge on any atom is 0.421 e. The van der Waals surface area contributed by atoms with E-state index in [1.165, 1.54) is 19.2 Å². The average Bonchev–Trinajstić information content (AvgIpc) is 2.55. The minimum atomic E-state index is -4.80. The number of alkyl halides is 3. The maximum atomic E-state index is 12.7. The number of pyridine rings is 1. The smallest absolute Gasteiger partial charge is 0.341 e. The summed E-state index contributed by atoms with van der Waals surface area (Å²) in [4.78, 5) is 35.1. The second kappa shape index (κ2) is 7.72. The van der Waals surface area contributed by atoms with Crippen molar-refractivity contribution in [2.24, 2.45) is 0 Å². The Morgan fingerprint density at radius 1 is 1.08 bits per heavy atom. The van der Waals surface area contributed by atoms with Crippen molar-refractivity contribution in [2.75, 3.05) is 17.7 Å². The first-order valence-corrected chi connectivity index (χ1v) is 7.36. The fourth-order valence-corrected chi connectivity index (χ4v) is 2.10. The van der Waals surface area contributed by atoms with Crippen LogP contribution < -0.4 is 21.5 Å². The SMILES string of the molecule is CNC(=O)Nc1cccc(NC(=O)Cn2cccc(C(F)(F)F)c2=O)c1. The zero-order chi connectivity index (χ0) is 19.3. The van der Waals surface area contributed by atoms with E-state index in [1.54, 1.807) is 12.1 Å². The van der Waals surface area contributed by atoms with Crippen molar-refractivity contribution in [3.05, 3.63) is 58.5 Å². The van der Waals surface area contributed by atoms with Gasteiger partial charge in [0.1, 0.15) is 12.1 Å². The van der Waals surface area contributed by atoms with Gasteiger partial charge in [0.05, 0.1) is 0 Å². The van der Waals surface area contributed by atoms with E-state index in [4.69, 9.17) is 0 Å². The second-order valence-corrected chi connectivity index (χ2v) is 5.19. The van der Waals surface area contributed by atoms with E-state index in [0.29, 0.717) is 22.0 Å². The number of rotatable bonds is 4. The molecular weight excluding hydrogens is 353 g/mol. The summed E-state index contributed by atoms with van der Waals surface area (Å²) in [5.74, 6) is -0.691. The van der Waals surface area contributed by atoms with Crippen LogP contribution in [0.15, 0.2) is 47.4 Å². The number of nitrogens with zero attached hydrogens (tertiary/aromatic N) is 1. The Morgan fingerprint density at radius 2 is 1.73 bits per heavy atom. The topological polar surface area (TPSA) is 92.2 Å². The summed E-state index contributed by atoms with van der Waals surface area (Å²) in [5, 5.41) is 7.33. The van der Waals surface area contributed by atoms with Gasteiger partial charge in [-0.2, -0.15) is 13.2 Å². The highest BCUT2D eigenvalue weighted by Gasteiger charge is 2.34. The van der Waals surface area contributed by atoms with Gasteiger partial charge in [0.15, 0.2) is 0 Å². The molecule has 0 unspecified atom stereocenters. The Bertz CT molecular complexity index is 878. The van der Waals surface area contributed by atoms with Crippen molar-refractivity contribution in [3.63, 3.8) is 0 Å². The molecule has 0 radical (unpaired) electrons. The van der Waals surface area contributed by atoms with Crippen molar-refractivity contribution in [1.29, 1.82) is 0 Å². The van der Waals surface area contributed by atoms with E-state index < -0.39 is 35.8 Å². The molecule has 7 nitrogen and oxygen atoms in total. The summed E-state index contributed by atoms with van der Waals surface area (Å²) < 4.78 is 38.9. The van der Waals surface area contributed by atoms with Crippen LogP contribution in [0.2, 0.25) is 0 Å². The predicted octanol–water partition coefficient (Wildman–Crippen LogP) is 2.26. The molecule has 26 heavy (non-hydrogen) atoms. The molecule has 10 heteroatoms. The quantitative estimate of drug-likeness (QED) is 0.773. The monoisotopic (exact) mass is 368 g/mol. The van der Waals surface area contributed by atoms with Gasteiger partial charge in [-0.15, -0.1) is 0 Å². The van der Waals surface area contributed by atoms with Crippen LogP contribution in [0.3, 0.4) is 0 Å². The van der Waals surface area contributed by atoms with Crippen LogP contribution >= 0.6 is 0 Å². The van der Waals surface area contributed by atoms with Crippen molar-refractivity contribution >= 4 is 23.3 Å². The molecule has 0 saturated heterocycles. The minimum absolute atomic E-state index is 0.309. The van der Waals surface area contributed by atoms with Gasteiger partial charge in [-0.25, -0.2) is 4.79 Å². The minimum Gasteiger partial charge on any atom is -0.341 e. The van der Waals surface area contributed by atoms with Crippen molar-refractivity contribution in [1.82, 2.24) is 9.88 Å². The lowest BCUT2D eigenvalue weighted by Gasteiger charge is -2.11. The van der Waals surface area contributed by atoms with Gasteiger partial charge in [-0.05, 0) is 30.3 Å². The zero-order valence-electron chi connectivity index (χ0n) is 13.6. The Labute approximate surface area is 145 Å². The van der Waals surface area contributed by atoms with E-state index in [0.717, 1.165) is 12.3 Å². The molecule has 1 aromatic carbocycles. The molecule has 0 spiro atoms. The molecule has 3 amide bonds. The lowest BCUT2D eigenvalue weighted by Crippen LogP contribution is -2.32. The lowest BCUT2D eigenvalue weighted by atomic mass is 10.2. The molecule has 138 valence electrons. The molecule has 0 aliphatic rings. The first-order valence-electron chi connectivity index (χ1n) is 7.36. The van der Waals surface area contributed by atoms with Gasteiger partial charge >= 0.3 is 12.2 Å². The summed E-state index contributed by atoms with van der Waals surface area (Å²) in [7, 11) is 1.44. The summed E-state index contributed by atoms with van der Waals surface area (Å²) in [5.41, 5.74) is -1.93. The van der Waals surface area contributed by atoms with Crippen LogP contribution in [0.5, 0.6) is 0 Å². The Hall–Kier alpha value is -3.30. The number of benzene rings is 1. The van der Waals surface area contributed by atoms with Crippen LogP contribution in [-0.2, 0) is 17.5 Å². The third kappa shape index (κ3) is 4.85. The first-order chi connectivity index (χ1) is 12.2. The van der Waals surface area contributed by atoms with Crippen molar-refractivity contribution in [3.8, 4) is 0 Å². The number of aromatic nitrogens is 1. The number of carbonyl (C=O) groups excluding carboxylic acids is 2. The lowest BCUT2D eigenvalue weighted by molar-refractivity contribution is -0.139. The third-order valence-electron chi connectivity index (χ3n) is 3.27. The second-order valence-electron chi connectivity index (χ2n) is 5.19. The molecule has 0 fully saturated rings. The van der Waals surface area contributed by atoms with Gasteiger partial charge in [0.2, 0.25) is 5.91 Å². The van der Waals surface area contributed by atoms with E-state index in [9.17, 15) is 27.6 Å². The summed E-state index contributed by atoms with van der Waals surface area (Å²) >= 11 is 0. The highest BCUT2D eigenvalue weighted by molar-refractivity contribution is 5.93. The normalized spacial score (nSPS) is 10.9. The summed E-state index contributed by atoms with van der Waals surface area (Å²) in [6.07, 6.45) is -3.70. The Kier molecular flexibility index (Phi) is 5.65. The van der Waals surface area contributed by atoms with Crippen molar-refractivity contribution in [2.45, 2.75) is 12.7 Å². The van der Waals surface area contributed by atoms with Gasteiger partial charge in [-0.3, -0.25) is 9.59 Å². The summed E-state index contributed by atoms with van der Waals surface area (Å²) in [6.45, 7) is -0.587. The van der Waals surface area contributed by atoms with E-state index in [-0.39, 0.29) is 0 Å². The fourth-order valence-electron chi connectivity index (χ4n) is 2.10. The van der Waals surface area contributed by atoms with Gasteiger partial charge < -0.3 is 20.5 Å². The molecule has 0 aliphatic heterocycles. The molecule has 2 aromatic rings. The molecule has 0 saturated carbocycles. The molecule has 1 heterocycles. The first kappa shape index (κ1) is 19.0.